The Morgan fingerprint density at radius 2 is 1.68 bits per heavy atom. The number of rotatable bonds is 4. The number of hydrogen-bond acceptors (Lipinski definition) is 1. The van der Waals surface area contributed by atoms with Crippen LogP contribution < -0.4 is 5.32 Å². The quantitative estimate of drug-likeness (QED) is 0.811. The van der Waals surface area contributed by atoms with Crippen molar-refractivity contribution >= 4 is 23.2 Å². The largest absolute Gasteiger partial charge is 0.321 e. The minimum Gasteiger partial charge on any atom is -0.321 e. The fourth-order valence-electron chi connectivity index (χ4n) is 2.76. The van der Waals surface area contributed by atoms with Crippen LogP contribution in [-0.4, -0.2) is 5.91 Å². The molecular weight excluding hydrogens is 294 g/mol. The molecule has 0 aliphatic rings. The summed E-state index contributed by atoms with van der Waals surface area (Å²) in [6.07, 6.45) is 1.64. The van der Waals surface area contributed by atoms with E-state index in [-0.39, 0.29) is 5.91 Å². The number of hydrogen-bond donors (Lipinski definition) is 1. The molecule has 0 aromatic heterocycles. The minimum atomic E-state index is -0.0848. The molecule has 0 atom stereocenters. The van der Waals surface area contributed by atoms with Crippen LogP contribution in [0.3, 0.4) is 0 Å². The number of anilines is 1. The average Bonchev–Trinajstić information content (AvgIpc) is 2.46. The number of carbonyl (C=O) groups is 1. The topological polar surface area (TPSA) is 29.1 Å². The zero-order chi connectivity index (χ0) is 16.3. The molecule has 2 aromatic rings. The summed E-state index contributed by atoms with van der Waals surface area (Å²) in [4.78, 5) is 12.6. The summed E-state index contributed by atoms with van der Waals surface area (Å²) in [5, 5.41) is 3.77. The molecule has 1 amide bonds. The second-order valence-corrected chi connectivity index (χ2v) is 6.00. The second-order valence-electron chi connectivity index (χ2n) is 5.60. The van der Waals surface area contributed by atoms with Crippen LogP contribution in [0.2, 0.25) is 5.02 Å². The summed E-state index contributed by atoms with van der Waals surface area (Å²) < 4.78 is 0. The van der Waals surface area contributed by atoms with Crippen molar-refractivity contribution in [2.75, 3.05) is 5.32 Å². The van der Waals surface area contributed by atoms with Crippen molar-refractivity contribution in [3.05, 3.63) is 63.2 Å². The summed E-state index contributed by atoms with van der Waals surface area (Å²) in [6.45, 7) is 8.12. The van der Waals surface area contributed by atoms with Crippen LogP contribution in [0.15, 0.2) is 30.3 Å². The third-order valence-electron chi connectivity index (χ3n) is 3.80. The van der Waals surface area contributed by atoms with E-state index in [1.54, 1.807) is 0 Å². The van der Waals surface area contributed by atoms with Gasteiger partial charge in [-0.3, -0.25) is 4.79 Å². The first-order valence-corrected chi connectivity index (χ1v) is 8.04. The van der Waals surface area contributed by atoms with Gasteiger partial charge in [0.05, 0.1) is 0 Å². The number of carbonyl (C=O) groups excluding carboxylic acids is 1. The SMILES string of the molecule is CCc1ccc(Cl)c(CC)c1NC(=O)c1cc(C)cc(C)c1. The minimum absolute atomic E-state index is 0.0848. The molecule has 0 unspecified atom stereocenters. The summed E-state index contributed by atoms with van der Waals surface area (Å²) >= 11 is 6.29. The first-order valence-electron chi connectivity index (χ1n) is 7.66. The Balaban J connectivity index is 2.41. The van der Waals surface area contributed by atoms with Gasteiger partial charge in [-0.25, -0.2) is 0 Å². The van der Waals surface area contributed by atoms with Crippen molar-refractivity contribution in [3.63, 3.8) is 0 Å². The summed E-state index contributed by atoms with van der Waals surface area (Å²) in [7, 11) is 0. The zero-order valence-electron chi connectivity index (χ0n) is 13.6. The normalized spacial score (nSPS) is 10.6. The molecule has 0 fully saturated rings. The lowest BCUT2D eigenvalue weighted by atomic mass is 10.0. The number of nitrogens with one attached hydrogen (secondary N) is 1. The second kappa shape index (κ2) is 6.97. The molecule has 1 N–H and O–H groups in total. The van der Waals surface area contributed by atoms with Crippen molar-refractivity contribution in [2.45, 2.75) is 40.5 Å². The zero-order valence-corrected chi connectivity index (χ0v) is 14.3. The molecule has 0 saturated heterocycles. The van der Waals surface area contributed by atoms with E-state index in [0.717, 1.165) is 40.8 Å². The smallest absolute Gasteiger partial charge is 0.255 e. The Hall–Kier alpha value is -1.80. The first kappa shape index (κ1) is 16.6. The molecule has 0 radical (unpaired) electrons. The predicted octanol–water partition coefficient (Wildman–Crippen LogP) is 5.33. The van der Waals surface area contributed by atoms with Crippen LogP contribution in [0, 0.1) is 13.8 Å². The van der Waals surface area contributed by atoms with Crippen LogP contribution in [-0.2, 0) is 12.8 Å². The van der Waals surface area contributed by atoms with E-state index in [0.29, 0.717) is 10.6 Å². The van der Waals surface area contributed by atoms with Gasteiger partial charge in [0, 0.05) is 16.3 Å². The fraction of sp³-hybridized carbons (Fsp3) is 0.316. The summed E-state index contributed by atoms with van der Waals surface area (Å²) in [6, 6.07) is 9.77. The van der Waals surface area contributed by atoms with Crippen LogP contribution >= 0.6 is 11.6 Å². The fourth-order valence-corrected chi connectivity index (χ4v) is 3.05. The Bertz CT molecular complexity index is 687. The van der Waals surface area contributed by atoms with Crippen molar-refractivity contribution in [3.8, 4) is 0 Å². The van der Waals surface area contributed by atoms with Gasteiger partial charge in [0.1, 0.15) is 0 Å². The Morgan fingerprint density at radius 1 is 1.05 bits per heavy atom. The van der Waals surface area contributed by atoms with Gasteiger partial charge in [-0.15, -0.1) is 0 Å². The van der Waals surface area contributed by atoms with Crippen LogP contribution in [0.25, 0.3) is 0 Å². The Kier molecular flexibility index (Phi) is 5.25. The van der Waals surface area contributed by atoms with Gasteiger partial charge >= 0.3 is 0 Å². The first-order chi connectivity index (χ1) is 10.5. The van der Waals surface area contributed by atoms with Gasteiger partial charge in [-0.05, 0) is 56.0 Å². The highest BCUT2D eigenvalue weighted by atomic mass is 35.5. The van der Waals surface area contributed by atoms with E-state index in [2.05, 4.69) is 18.3 Å². The van der Waals surface area contributed by atoms with Gasteiger partial charge in [0.15, 0.2) is 0 Å². The molecule has 0 heterocycles. The molecule has 0 aliphatic heterocycles. The van der Waals surface area contributed by atoms with Gasteiger partial charge < -0.3 is 5.32 Å². The number of halogens is 1. The molecule has 2 nitrogen and oxygen atoms in total. The number of benzene rings is 2. The molecule has 0 aliphatic carbocycles. The maximum Gasteiger partial charge on any atom is 0.255 e. The maximum absolute atomic E-state index is 12.6. The summed E-state index contributed by atoms with van der Waals surface area (Å²) in [5.74, 6) is -0.0848. The molecule has 0 bridgehead atoms. The van der Waals surface area contributed by atoms with Crippen LogP contribution in [0.1, 0.15) is 46.5 Å². The highest BCUT2D eigenvalue weighted by Crippen LogP contribution is 2.30. The van der Waals surface area contributed by atoms with Crippen LogP contribution in [0.5, 0.6) is 0 Å². The van der Waals surface area contributed by atoms with Crippen LogP contribution in [0.4, 0.5) is 5.69 Å². The van der Waals surface area contributed by atoms with E-state index in [9.17, 15) is 4.79 Å². The molecule has 22 heavy (non-hydrogen) atoms. The molecule has 2 rings (SSSR count). The highest BCUT2D eigenvalue weighted by molar-refractivity contribution is 6.32. The molecular formula is C19H22ClNO. The van der Waals surface area contributed by atoms with E-state index >= 15 is 0 Å². The monoisotopic (exact) mass is 315 g/mol. The molecule has 3 heteroatoms. The Labute approximate surface area is 137 Å². The standard InChI is InChI=1S/C19H22ClNO/c1-5-14-7-8-17(20)16(6-2)18(14)21-19(22)15-10-12(3)9-13(4)11-15/h7-11H,5-6H2,1-4H3,(H,21,22). The van der Waals surface area contributed by atoms with E-state index in [4.69, 9.17) is 11.6 Å². The lowest BCUT2D eigenvalue weighted by molar-refractivity contribution is 0.102. The average molecular weight is 316 g/mol. The molecule has 0 saturated carbocycles. The van der Waals surface area contributed by atoms with Crippen molar-refractivity contribution < 1.29 is 4.79 Å². The third-order valence-corrected chi connectivity index (χ3v) is 4.15. The number of amides is 1. The maximum atomic E-state index is 12.6. The van der Waals surface area contributed by atoms with Crippen molar-refractivity contribution in [2.24, 2.45) is 0 Å². The number of aryl methyl sites for hydroxylation is 3. The summed E-state index contributed by atoms with van der Waals surface area (Å²) in [5.41, 5.74) is 5.83. The van der Waals surface area contributed by atoms with Gasteiger partial charge in [0.2, 0.25) is 0 Å². The van der Waals surface area contributed by atoms with Gasteiger partial charge in [-0.2, -0.15) is 0 Å². The highest BCUT2D eigenvalue weighted by Gasteiger charge is 2.14. The lowest BCUT2D eigenvalue weighted by Gasteiger charge is -2.16. The van der Waals surface area contributed by atoms with E-state index < -0.39 is 0 Å². The van der Waals surface area contributed by atoms with Crippen molar-refractivity contribution in [1.82, 2.24) is 0 Å². The van der Waals surface area contributed by atoms with E-state index in [1.807, 2.05) is 45.0 Å². The predicted molar refractivity (Wildman–Crippen MR) is 94.1 cm³/mol. The molecule has 116 valence electrons. The lowest BCUT2D eigenvalue weighted by Crippen LogP contribution is -2.15. The Morgan fingerprint density at radius 3 is 2.23 bits per heavy atom. The van der Waals surface area contributed by atoms with Crippen molar-refractivity contribution in [1.29, 1.82) is 0 Å². The van der Waals surface area contributed by atoms with Gasteiger partial charge in [-0.1, -0.05) is 48.7 Å². The van der Waals surface area contributed by atoms with E-state index in [1.165, 1.54) is 0 Å². The molecule has 0 spiro atoms. The van der Waals surface area contributed by atoms with Gasteiger partial charge in [0.25, 0.3) is 5.91 Å². The third kappa shape index (κ3) is 3.50. The molecule has 2 aromatic carbocycles.